The van der Waals surface area contributed by atoms with Crippen molar-refractivity contribution >= 4 is 33.3 Å². The lowest BCUT2D eigenvalue weighted by molar-refractivity contribution is 0.358. The van der Waals surface area contributed by atoms with Gasteiger partial charge in [-0.25, -0.2) is 13.1 Å². The molecule has 1 unspecified atom stereocenters. The summed E-state index contributed by atoms with van der Waals surface area (Å²) in [7, 11) is -3.52. The van der Waals surface area contributed by atoms with Crippen molar-refractivity contribution in [3.8, 4) is 0 Å². The summed E-state index contributed by atoms with van der Waals surface area (Å²) in [4.78, 5) is 4.47. The highest BCUT2D eigenvalue weighted by atomic mass is 35.5. The van der Waals surface area contributed by atoms with Crippen molar-refractivity contribution in [1.82, 2.24) is 15.0 Å². The summed E-state index contributed by atoms with van der Waals surface area (Å²) in [5.74, 6) is 0.557. The van der Waals surface area contributed by atoms with Gasteiger partial charge in [-0.1, -0.05) is 18.2 Å². The lowest BCUT2D eigenvalue weighted by Gasteiger charge is -2.22. The molecule has 23 heavy (non-hydrogen) atoms. The van der Waals surface area contributed by atoms with E-state index in [1.807, 2.05) is 18.2 Å². The molecule has 0 radical (unpaired) electrons. The lowest BCUT2D eigenvalue weighted by Crippen LogP contribution is -2.33. The van der Waals surface area contributed by atoms with E-state index in [9.17, 15) is 8.42 Å². The smallest absolute Gasteiger partial charge is 0.242 e. The average Bonchev–Trinajstić information content (AvgIpc) is 2.55. The number of pyridine rings is 1. The molecule has 0 bridgehead atoms. The number of fused-ring (bicyclic) bond motifs is 1. The van der Waals surface area contributed by atoms with Gasteiger partial charge in [-0.2, -0.15) is 0 Å². The Labute approximate surface area is 143 Å². The van der Waals surface area contributed by atoms with Crippen molar-refractivity contribution in [2.75, 3.05) is 19.6 Å². The maximum Gasteiger partial charge on any atom is 0.242 e. The molecule has 7 heteroatoms. The first-order chi connectivity index (χ1) is 10.7. The van der Waals surface area contributed by atoms with Crippen molar-refractivity contribution in [3.05, 3.63) is 36.5 Å². The predicted molar refractivity (Wildman–Crippen MR) is 94.4 cm³/mol. The number of hydrogen-bond acceptors (Lipinski definition) is 4. The van der Waals surface area contributed by atoms with E-state index in [1.165, 1.54) is 12.8 Å². The van der Waals surface area contributed by atoms with Crippen LogP contribution in [-0.4, -0.2) is 33.0 Å². The zero-order chi connectivity index (χ0) is 15.4. The predicted octanol–water partition coefficient (Wildman–Crippen LogP) is 2.32. The van der Waals surface area contributed by atoms with Crippen LogP contribution in [0.2, 0.25) is 0 Å². The molecule has 126 valence electrons. The number of piperidine rings is 1. The highest BCUT2D eigenvalue weighted by Crippen LogP contribution is 2.20. The molecule has 2 aromatic rings. The Balaban J connectivity index is 0.00000192. The third-order valence-corrected chi connectivity index (χ3v) is 5.62. The Morgan fingerprint density at radius 2 is 2.09 bits per heavy atom. The zero-order valence-corrected chi connectivity index (χ0v) is 14.5. The normalized spacial score (nSPS) is 18.5. The van der Waals surface area contributed by atoms with Gasteiger partial charge in [0, 0.05) is 18.1 Å². The molecule has 0 spiro atoms. The number of halogens is 1. The Morgan fingerprint density at radius 1 is 1.26 bits per heavy atom. The van der Waals surface area contributed by atoms with Gasteiger partial charge >= 0.3 is 0 Å². The number of rotatable bonds is 5. The van der Waals surface area contributed by atoms with E-state index < -0.39 is 10.0 Å². The minimum Gasteiger partial charge on any atom is -0.316 e. The van der Waals surface area contributed by atoms with Gasteiger partial charge in [0.05, 0.1) is 5.52 Å². The third-order valence-electron chi connectivity index (χ3n) is 4.13. The van der Waals surface area contributed by atoms with Crippen molar-refractivity contribution in [3.63, 3.8) is 0 Å². The Hall–Kier alpha value is -1.21. The fourth-order valence-corrected chi connectivity index (χ4v) is 4.16. The van der Waals surface area contributed by atoms with E-state index in [1.54, 1.807) is 18.3 Å². The monoisotopic (exact) mass is 355 g/mol. The Kier molecular flexibility index (Phi) is 6.35. The number of aromatic nitrogens is 1. The van der Waals surface area contributed by atoms with E-state index in [-0.39, 0.29) is 17.3 Å². The summed E-state index contributed by atoms with van der Waals surface area (Å²) in [6.07, 6.45) is 4.83. The van der Waals surface area contributed by atoms with E-state index in [0.29, 0.717) is 18.0 Å². The van der Waals surface area contributed by atoms with Crippen LogP contribution in [0.3, 0.4) is 0 Å². The summed E-state index contributed by atoms with van der Waals surface area (Å²) in [6, 6.07) is 8.91. The van der Waals surface area contributed by atoms with Gasteiger partial charge in [-0.15, -0.1) is 12.4 Å². The van der Waals surface area contributed by atoms with Crippen molar-refractivity contribution < 1.29 is 8.42 Å². The van der Waals surface area contributed by atoms with E-state index in [4.69, 9.17) is 0 Å². The van der Waals surface area contributed by atoms with Crippen LogP contribution in [0.5, 0.6) is 0 Å². The van der Waals surface area contributed by atoms with Crippen LogP contribution in [0, 0.1) is 5.92 Å². The second-order valence-corrected chi connectivity index (χ2v) is 7.47. The second kappa shape index (κ2) is 8.06. The van der Waals surface area contributed by atoms with Gasteiger partial charge in [-0.3, -0.25) is 4.98 Å². The van der Waals surface area contributed by atoms with Crippen LogP contribution in [0.4, 0.5) is 0 Å². The molecule has 1 atom stereocenters. The fourth-order valence-electron chi connectivity index (χ4n) is 2.94. The van der Waals surface area contributed by atoms with E-state index >= 15 is 0 Å². The van der Waals surface area contributed by atoms with Gasteiger partial charge in [0.25, 0.3) is 0 Å². The first kappa shape index (κ1) is 18.1. The van der Waals surface area contributed by atoms with Gasteiger partial charge in [0.2, 0.25) is 10.0 Å². The van der Waals surface area contributed by atoms with Crippen molar-refractivity contribution in [2.24, 2.45) is 5.92 Å². The number of benzene rings is 1. The fraction of sp³-hybridized carbons (Fsp3) is 0.438. The molecule has 3 rings (SSSR count). The molecule has 2 heterocycles. The molecule has 0 saturated carbocycles. The van der Waals surface area contributed by atoms with Crippen LogP contribution in [0.25, 0.3) is 10.9 Å². The summed E-state index contributed by atoms with van der Waals surface area (Å²) in [5.41, 5.74) is 0.525. The highest BCUT2D eigenvalue weighted by Gasteiger charge is 2.19. The van der Waals surface area contributed by atoms with Crippen molar-refractivity contribution in [1.29, 1.82) is 0 Å². The van der Waals surface area contributed by atoms with Crippen LogP contribution in [-0.2, 0) is 10.0 Å². The molecule has 1 aromatic carbocycles. The molecule has 1 saturated heterocycles. The topological polar surface area (TPSA) is 71.1 Å². The second-order valence-electron chi connectivity index (χ2n) is 5.73. The van der Waals surface area contributed by atoms with Gasteiger partial charge in [0.1, 0.15) is 4.90 Å². The zero-order valence-electron chi connectivity index (χ0n) is 12.9. The molecule has 1 fully saturated rings. The maximum absolute atomic E-state index is 12.5. The van der Waals surface area contributed by atoms with Gasteiger partial charge in [0.15, 0.2) is 0 Å². The average molecular weight is 356 g/mol. The molecule has 1 aromatic heterocycles. The number of sulfonamides is 1. The summed E-state index contributed by atoms with van der Waals surface area (Å²) >= 11 is 0. The number of nitrogens with zero attached hydrogens (tertiary/aromatic N) is 1. The maximum atomic E-state index is 12.5. The molecule has 0 amide bonds. The molecular weight excluding hydrogens is 334 g/mol. The first-order valence-electron chi connectivity index (χ1n) is 7.71. The van der Waals surface area contributed by atoms with E-state index in [0.717, 1.165) is 24.9 Å². The highest BCUT2D eigenvalue weighted by molar-refractivity contribution is 7.89. The Morgan fingerprint density at radius 3 is 2.87 bits per heavy atom. The van der Waals surface area contributed by atoms with Crippen LogP contribution >= 0.6 is 12.4 Å². The molecule has 5 nitrogen and oxygen atoms in total. The SMILES string of the molecule is Cl.O=S(=O)(NCCC1CCCNC1)c1cccc2cccnc12. The molecule has 2 N–H and O–H groups in total. The van der Waals surface area contributed by atoms with Crippen LogP contribution < -0.4 is 10.0 Å². The molecule has 0 aliphatic carbocycles. The lowest BCUT2D eigenvalue weighted by atomic mass is 9.96. The quantitative estimate of drug-likeness (QED) is 0.863. The minimum absolute atomic E-state index is 0. The van der Waals surface area contributed by atoms with Crippen molar-refractivity contribution in [2.45, 2.75) is 24.2 Å². The van der Waals surface area contributed by atoms with Crippen LogP contribution in [0.1, 0.15) is 19.3 Å². The molecule has 1 aliphatic rings. The summed E-state index contributed by atoms with van der Waals surface area (Å²) in [6.45, 7) is 2.53. The minimum atomic E-state index is -3.52. The Bertz CT molecular complexity index is 741. The van der Waals surface area contributed by atoms with Gasteiger partial charge in [-0.05, 0) is 50.4 Å². The summed E-state index contributed by atoms with van der Waals surface area (Å²) < 4.78 is 27.8. The summed E-state index contributed by atoms with van der Waals surface area (Å²) in [5, 5.41) is 4.19. The largest absolute Gasteiger partial charge is 0.316 e. The number of para-hydroxylation sites is 1. The van der Waals surface area contributed by atoms with Gasteiger partial charge < -0.3 is 5.32 Å². The standard InChI is InChI=1S/C16H21N3O2S.ClH/c20-22(21,19-11-8-13-4-2-9-17-12-13)15-7-1-5-14-6-3-10-18-16(14)15;/h1,3,5-7,10,13,17,19H,2,4,8-9,11-12H2;1H. The third kappa shape index (κ3) is 4.41. The molecular formula is C16H22ClN3O2S. The van der Waals surface area contributed by atoms with E-state index in [2.05, 4.69) is 15.0 Å². The molecule has 1 aliphatic heterocycles. The van der Waals surface area contributed by atoms with Crippen LogP contribution in [0.15, 0.2) is 41.4 Å². The first-order valence-corrected chi connectivity index (χ1v) is 9.19. The number of nitrogens with one attached hydrogen (secondary N) is 2. The number of hydrogen-bond donors (Lipinski definition) is 2.